The van der Waals surface area contributed by atoms with Crippen molar-refractivity contribution < 1.29 is 10.1 Å². The number of quaternary nitrogens is 1. The number of amides is 1. The van der Waals surface area contributed by atoms with E-state index in [4.69, 9.17) is 5.26 Å². The average Bonchev–Trinajstić information content (AvgIpc) is 2.55. The lowest BCUT2D eigenvalue weighted by Crippen LogP contribution is -2.91. The predicted molar refractivity (Wildman–Crippen MR) is 86.0 cm³/mol. The topological polar surface area (TPSA) is 69.5 Å². The Bertz CT molecular complexity index is 676. The number of nitrogens with zero attached hydrogens (tertiary/aromatic N) is 1. The van der Waals surface area contributed by atoms with Crippen molar-refractivity contribution in [2.75, 3.05) is 5.32 Å². The van der Waals surface area contributed by atoms with Crippen molar-refractivity contribution in [2.24, 2.45) is 0 Å². The van der Waals surface area contributed by atoms with Gasteiger partial charge in [-0.05, 0) is 32.0 Å². The van der Waals surface area contributed by atoms with E-state index in [0.717, 1.165) is 0 Å². The van der Waals surface area contributed by atoms with E-state index in [1.807, 2.05) is 30.4 Å². The first-order valence-corrected chi connectivity index (χ1v) is 7.31. The molecule has 0 saturated heterocycles. The number of carbonyl (C=O) groups is 1. The van der Waals surface area contributed by atoms with Crippen LogP contribution in [0.15, 0.2) is 54.6 Å². The maximum Gasteiger partial charge on any atom is 0.282 e. The van der Waals surface area contributed by atoms with Gasteiger partial charge >= 0.3 is 0 Å². The second kappa shape index (κ2) is 7.39. The SMILES string of the molecule is C[C@H]([NH2+][C@H](C)c1ccccc1)C(=O)Nc1cccc(C#N)c1. The molecule has 2 aromatic rings. The molecular weight excluding hydrogens is 274 g/mol. The molecule has 0 unspecified atom stereocenters. The minimum absolute atomic E-state index is 0.0714. The zero-order valence-electron chi connectivity index (χ0n) is 12.8. The molecule has 1 amide bonds. The molecular formula is C18H20N3O+. The van der Waals surface area contributed by atoms with Gasteiger partial charge in [-0.3, -0.25) is 4.79 Å². The molecule has 0 radical (unpaired) electrons. The predicted octanol–water partition coefficient (Wildman–Crippen LogP) is 2.21. The van der Waals surface area contributed by atoms with Crippen LogP contribution in [0.3, 0.4) is 0 Å². The first kappa shape index (κ1) is 15.7. The van der Waals surface area contributed by atoms with Gasteiger partial charge in [0, 0.05) is 11.3 Å². The molecule has 22 heavy (non-hydrogen) atoms. The Balaban J connectivity index is 1.96. The molecule has 2 aromatic carbocycles. The number of rotatable bonds is 5. The quantitative estimate of drug-likeness (QED) is 0.887. The summed E-state index contributed by atoms with van der Waals surface area (Å²) in [5, 5.41) is 13.8. The van der Waals surface area contributed by atoms with Gasteiger partial charge in [-0.25, -0.2) is 0 Å². The second-order valence-corrected chi connectivity index (χ2v) is 5.36. The van der Waals surface area contributed by atoms with Crippen molar-refractivity contribution in [3.63, 3.8) is 0 Å². The van der Waals surface area contributed by atoms with E-state index in [-0.39, 0.29) is 18.0 Å². The maximum atomic E-state index is 12.3. The number of carbonyl (C=O) groups excluding carboxylic acids is 1. The van der Waals surface area contributed by atoms with Gasteiger partial charge in [0.25, 0.3) is 5.91 Å². The molecule has 2 atom stereocenters. The standard InChI is InChI=1S/C18H19N3O/c1-13(16-8-4-3-5-9-16)20-14(2)18(22)21-17-10-6-7-15(11-17)12-19/h3-11,13-14,20H,1-2H3,(H,21,22)/p+1/t13-,14+/m1/s1. The molecule has 0 aliphatic heterocycles. The smallest absolute Gasteiger partial charge is 0.282 e. The first-order chi connectivity index (χ1) is 10.6. The Hall–Kier alpha value is -2.64. The van der Waals surface area contributed by atoms with Crippen LogP contribution >= 0.6 is 0 Å². The van der Waals surface area contributed by atoms with Gasteiger partial charge in [-0.2, -0.15) is 5.26 Å². The molecule has 112 valence electrons. The van der Waals surface area contributed by atoms with E-state index < -0.39 is 0 Å². The van der Waals surface area contributed by atoms with Crippen molar-refractivity contribution in [3.05, 3.63) is 65.7 Å². The lowest BCUT2D eigenvalue weighted by molar-refractivity contribution is -0.709. The summed E-state index contributed by atoms with van der Waals surface area (Å²) in [6.07, 6.45) is 0. The van der Waals surface area contributed by atoms with E-state index in [9.17, 15) is 4.79 Å². The van der Waals surface area contributed by atoms with E-state index in [1.54, 1.807) is 24.3 Å². The third-order valence-electron chi connectivity index (χ3n) is 3.58. The number of hydrogen-bond acceptors (Lipinski definition) is 2. The molecule has 2 rings (SSSR count). The second-order valence-electron chi connectivity index (χ2n) is 5.36. The molecule has 3 N–H and O–H groups in total. The van der Waals surface area contributed by atoms with Crippen molar-refractivity contribution in [1.29, 1.82) is 5.26 Å². The van der Waals surface area contributed by atoms with Crippen molar-refractivity contribution in [1.82, 2.24) is 0 Å². The van der Waals surface area contributed by atoms with E-state index >= 15 is 0 Å². The number of nitriles is 1. The van der Waals surface area contributed by atoms with E-state index in [2.05, 4.69) is 30.4 Å². The first-order valence-electron chi connectivity index (χ1n) is 7.31. The van der Waals surface area contributed by atoms with Crippen LogP contribution in [0.25, 0.3) is 0 Å². The van der Waals surface area contributed by atoms with Gasteiger partial charge in [0.15, 0.2) is 6.04 Å². The van der Waals surface area contributed by atoms with Gasteiger partial charge < -0.3 is 10.6 Å². The fraction of sp³-hybridized carbons (Fsp3) is 0.222. The highest BCUT2D eigenvalue weighted by Gasteiger charge is 2.20. The van der Waals surface area contributed by atoms with Crippen LogP contribution in [0, 0.1) is 11.3 Å². The Labute approximate surface area is 130 Å². The van der Waals surface area contributed by atoms with Gasteiger partial charge in [0.1, 0.15) is 6.04 Å². The molecule has 4 nitrogen and oxygen atoms in total. The van der Waals surface area contributed by atoms with Crippen LogP contribution in [-0.4, -0.2) is 11.9 Å². The Kier molecular flexibility index (Phi) is 5.29. The summed E-state index contributed by atoms with van der Waals surface area (Å²) in [7, 11) is 0. The third-order valence-corrected chi connectivity index (χ3v) is 3.58. The molecule has 4 heteroatoms. The Morgan fingerprint density at radius 2 is 1.86 bits per heavy atom. The zero-order chi connectivity index (χ0) is 15.9. The minimum atomic E-state index is -0.221. The number of nitrogens with one attached hydrogen (secondary N) is 1. The van der Waals surface area contributed by atoms with Crippen LogP contribution < -0.4 is 10.6 Å². The third kappa shape index (κ3) is 4.18. The molecule has 0 aliphatic carbocycles. The summed E-state index contributed by atoms with van der Waals surface area (Å²) < 4.78 is 0. The summed E-state index contributed by atoms with van der Waals surface area (Å²) in [5.74, 6) is -0.0714. The van der Waals surface area contributed by atoms with Crippen molar-refractivity contribution in [2.45, 2.75) is 25.9 Å². The highest BCUT2D eigenvalue weighted by atomic mass is 16.2. The zero-order valence-corrected chi connectivity index (χ0v) is 12.8. The number of hydrogen-bond donors (Lipinski definition) is 2. The van der Waals surface area contributed by atoms with Gasteiger partial charge in [-0.15, -0.1) is 0 Å². The molecule has 0 fully saturated rings. The highest BCUT2D eigenvalue weighted by Crippen LogP contribution is 2.10. The maximum absolute atomic E-state index is 12.3. The number of anilines is 1. The average molecular weight is 294 g/mol. The summed E-state index contributed by atoms with van der Waals surface area (Å²) in [4.78, 5) is 12.3. The summed E-state index contributed by atoms with van der Waals surface area (Å²) in [6, 6.07) is 19.1. The highest BCUT2D eigenvalue weighted by molar-refractivity contribution is 5.93. The molecule has 0 bridgehead atoms. The van der Waals surface area contributed by atoms with Crippen LogP contribution in [0.2, 0.25) is 0 Å². The molecule has 0 spiro atoms. The van der Waals surface area contributed by atoms with Gasteiger partial charge in [0.05, 0.1) is 11.6 Å². The van der Waals surface area contributed by atoms with Crippen LogP contribution in [0.1, 0.15) is 31.0 Å². The van der Waals surface area contributed by atoms with E-state index in [0.29, 0.717) is 11.3 Å². The number of benzene rings is 2. The Morgan fingerprint density at radius 1 is 1.14 bits per heavy atom. The lowest BCUT2D eigenvalue weighted by Gasteiger charge is -2.17. The summed E-state index contributed by atoms with van der Waals surface area (Å²) >= 11 is 0. The molecule has 0 aromatic heterocycles. The largest absolute Gasteiger partial charge is 0.330 e. The van der Waals surface area contributed by atoms with Crippen molar-refractivity contribution >= 4 is 11.6 Å². The fourth-order valence-electron chi connectivity index (χ4n) is 2.31. The number of nitrogens with two attached hydrogens (primary N) is 1. The van der Waals surface area contributed by atoms with Crippen molar-refractivity contribution in [3.8, 4) is 6.07 Å². The summed E-state index contributed by atoms with van der Waals surface area (Å²) in [6.45, 7) is 3.96. The van der Waals surface area contributed by atoms with Crippen LogP contribution in [0.5, 0.6) is 0 Å². The minimum Gasteiger partial charge on any atom is -0.330 e. The van der Waals surface area contributed by atoms with Crippen LogP contribution in [-0.2, 0) is 4.79 Å². The normalized spacial score (nSPS) is 13.0. The lowest BCUT2D eigenvalue weighted by atomic mass is 10.1. The Morgan fingerprint density at radius 3 is 2.55 bits per heavy atom. The van der Waals surface area contributed by atoms with Gasteiger partial charge in [0.2, 0.25) is 0 Å². The molecule has 0 aliphatic rings. The fourth-order valence-corrected chi connectivity index (χ4v) is 2.31. The molecule has 0 saturated carbocycles. The van der Waals surface area contributed by atoms with Crippen LogP contribution in [0.4, 0.5) is 5.69 Å². The molecule has 0 heterocycles. The van der Waals surface area contributed by atoms with Gasteiger partial charge in [-0.1, -0.05) is 36.4 Å². The monoisotopic (exact) mass is 294 g/mol. The summed E-state index contributed by atoms with van der Waals surface area (Å²) in [5.41, 5.74) is 2.37. The van der Waals surface area contributed by atoms with E-state index in [1.165, 1.54) is 5.56 Å².